The van der Waals surface area contributed by atoms with E-state index in [4.69, 9.17) is 14.6 Å². The number of halogens is 3. The van der Waals surface area contributed by atoms with Crippen molar-refractivity contribution in [3.8, 4) is 5.75 Å². The SMILES string of the molecule is COc1cccc(CN2C(=O)c3ccccc3C2(O)c2ccc3nc(N(C)C(=O)O)[nH]c3c2)c1.O=C(O)C(F)(F)F. The summed E-state index contributed by atoms with van der Waals surface area (Å²) in [5, 5.41) is 28.5. The molecule has 3 aromatic carbocycles. The number of aromatic nitrogens is 2. The number of carbonyl (C=O) groups is 3. The molecule has 1 atom stereocenters. The Morgan fingerprint density at radius 2 is 1.76 bits per heavy atom. The number of imidazole rings is 1. The highest BCUT2D eigenvalue weighted by molar-refractivity contribution is 6.00. The molecule has 2 amide bonds. The van der Waals surface area contributed by atoms with Gasteiger partial charge in [0.2, 0.25) is 5.95 Å². The van der Waals surface area contributed by atoms with Gasteiger partial charge in [0.25, 0.3) is 5.91 Å². The number of H-pyrrole nitrogens is 1. The number of methoxy groups -OCH3 is 1. The van der Waals surface area contributed by atoms with Crippen molar-refractivity contribution in [2.24, 2.45) is 0 Å². The molecule has 0 spiro atoms. The van der Waals surface area contributed by atoms with Gasteiger partial charge in [0.05, 0.1) is 18.1 Å². The number of amides is 2. The summed E-state index contributed by atoms with van der Waals surface area (Å²) in [6, 6.07) is 19.4. The standard InChI is InChI=1S/C25H22N4O5.C2HF3O2/c1-28(24(31)32)23-26-20-11-10-16(13-21(20)27-23)25(33)19-9-4-3-8-18(19)22(30)29(25)14-15-6-5-7-17(12-15)34-2;3-2(4,5)1(6)7/h3-13,33H,14H2,1-2H3,(H,26,27)(H,31,32);(H,6,7). The number of aliphatic hydroxyl groups is 1. The molecule has 0 fully saturated rings. The number of benzene rings is 3. The van der Waals surface area contributed by atoms with Crippen molar-refractivity contribution in [2.75, 3.05) is 19.1 Å². The third kappa shape index (κ3) is 5.49. The molecule has 0 saturated heterocycles. The predicted octanol–water partition coefficient (Wildman–Crippen LogP) is 4.17. The van der Waals surface area contributed by atoms with Crippen LogP contribution in [0.2, 0.25) is 0 Å². The van der Waals surface area contributed by atoms with Gasteiger partial charge in [-0.2, -0.15) is 13.2 Å². The van der Waals surface area contributed by atoms with Crippen LogP contribution < -0.4 is 9.64 Å². The summed E-state index contributed by atoms with van der Waals surface area (Å²) >= 11 is 0. The van der Waals surface area contributed by atoms with E-state index in [0.717, 1.165) is 10.5 Å². The number of ether oxygens (including phenoxy) is 1. The number of carboxylic acid groups (broad SMARTS) is 2. The molecule has 11 nitrogen and oxygen atoms in total. The summed E-state index contributed by atoms with van der Waals surface area (Å²) in [6.07, 6.45) is -6.24. The van der Waals surface area contributed by atoms with E-state index in [9.17, 15) is 33.0 Å². The monoisotopic (exact) mass is 572 g/mol. The van der Waals surface area contributed by atoms with Crippen LogP contribution in [0.4, 0.5) is 23.9 Å². The molecule has 4 N–H and O–H groups in total. The van der Waals surface area contributed by atoms with Gasteiger partial charge < -0.3 is 25.0 Å². The van der Waals surface area contributed by atoms with Crippen molar-refractivity contribution >= 4 is 35.0 Å². The number of rotatable bonds is 5. The average molecular weight is 572 g/mol. The largest absolute Gasteiger partial charge is 0.497 e. The fourth-order valence-corrected chi connectivity index (χ4v) is 4.32. The lowest BCUT2D eigenvalue weighted by Crippen LogP contribution is -2.44. The van der Waals surface area contributed by atoms with Gasteiger partial charge in [0.15, 0.2) is 5.72 Å². The number of nitrogens with one attached hydrogen (secondary N) is 1. The average Bonchev–Trinajstić information content (AvgIpc) is 3.46. The molecule has 41 heavy (non-hydrogen) atoms. The van der Waals surface area contributed by atoms with E-state index in [0.29, 0.717) is 33.5 Å². The molecule has 1 aliphatic heterocycles. The Bertz CT molecular complexity index is 1640. The van der Waals surface area contributed by atoms with E-state index in [-0.39, 0.29) is 18.4 Å². The Morgan fingerprint density at radius 1 is 1.07 bits per heavy atom. The quantitative estimate of drug-likeness (QED) is 0.278. The van der Waals surface area contributed by atoms with Crippen LogP contribution in [0.5, 0.6) is 5.75 Å². The third-order valence-electron chi connectivity index (χ3n) is 6.36. The van der Waals surface area contributed by atoms with Crippen molar-refractivity contribution in [1.82, 2.24) is 14.9 Å². The number of carbonyl (C=O) groups excluding carboxylic acids is 1. The lowest BCUT2D eigenvalue weighted by atomic mass is 9.93. The molecule has 2 heterocycles. The maximum atomic E-state index is 13.4. The normalized spacial score (nSPS) is 16.1. The number of fused-ring (bicyclic) bond motifs is 2. The number of nitrogens with zero attached hydrogens (tertiary/aromatic N) is 3. The zero-order chi connectivity index (χ0) is 30.1. The fourth-order valence-electron chi connectivity index (χ4n) is 4.32. The molecule has 0 aliphatic carbocycles. The second kappa shape index (κ2) is 10.8. The van der Waals surface area contributed by atoms with Crippen LogP contribution in [0.3, 0.4) is 0 Å². The zero-order valence-electron chi connectivity index (χ0n) is 21.5. The zero-order valence-corrected chi connectivity index (χ0v) is 21.5. The van der Waals surface area contributed by atoms with E-state index in [1.165, 1.54) is 11.9 Å². The Labute approximate surface area is 230 Å². The predicted molar refractivity (Wildman–Crippen MR) is 139 cm³/mol. The number of carboxylic acids is 1. The highest BCUT2D eigenvalue weighted by Gasteiger charge is 2.49. The first-order valence-corrected chi connectivity index (χ1v) is 11.8. The number of hydrogen-bond donors (Lipinski definition) is 4. The highest BCUT2D eigenvalue weighted by atomic mass is 19.4. The van der Waals surface area contributed by atoms with Gasteiger partial charge in [-0.3, -0.25) is 14.6 Å². The number of aliphatic carboxylic acids is 1. The minimum Gasteiger partial charge on any atom is -0.497 e. The van der Waals surface area contributed by atoms with Crippen molar-refractivity contribution in [1.29, 1.82) is 0 Å². The molecule has 1 aromatic heterocycles. The van der Waals surface area contributed by atoms with Gasteiger partial charge in [0.1, 0.15) is 5.75 Å². The van der Waals surface area contributed by atoms with Crippen LogP contribution in [0.1, 0.15) is 27.0 Å². The summed E-state index contributed by atoms with van der Waals surface area (Å²) in [7, 11) is 2.96. The Hall–Kier alpha value is -5.11. The molecule has 14 heteroatoms. The molecule has 0 saturated carbocycles. The van der Waals surface area contributed by atoms with E-state index in [2.05, 4.69) is 9.97 Å². The van der Waals surface area contributed by atoms with Crippen LogP contribution in [-0.2, 0) is 17.1 Å². The van der Waals surface area contributed by atoms with Crippen LogP contribution in [-0.4, -0.2) is 68.5 Å². The molecule has 0 radical (unpaired) electrons. The topological polar surface area (TPSA) is 156 Å². The van der Waals surface area contributed by atoms with Crippen LogP contribution >= 0.6 is 0 Å². The lowest BCUT2D eigenvalue weighted by molar-refractivity contribution is -0.192. The van der Waals surface area contributed by atoms with E-state index < -0.39 is 24.0 Å². The van der Waals surface area contributed by atoms with Gasteiger partial charge >= 0.3 is 18.2 Å². The Balaban J connectivity index is 0.000000493. The van der Waals surface area contributed by atoms with Gasteiger partial charge in [-0.15, -0.1) is 0 Å². The third-order valence-corrected chi connectivity index (χ3v) is 6.36. The second-order valence-corrected chi connectivity index (χ2v) is 8.90. The van der Waals surface area contributed by atoms with E-state index in [1.54, 1.807) is 49.6 Å². The summed E-state index contributed by atoms with van der Waals surface area (Å²) in [4.78, 5) is 43.3. The first kappa shape index (κ1) is 28.9. The Kier molecular flexibility index (Phi) is 7.61. The van der Waals surface area contributed by atoms with Crippen LogP contribution in [0, 0.1) is 0 Å². The fraction of sp³-hybridized carbons (Fsp3) is 0.185. The van der Waals surface area contributed by atoms with E-state index >= 15 is 0 Å². The summed E-state index contributed by atoms with van der Waals surface area (Å²) < 4.78 is 37.0. The lowest BCUT2D eigenvalue weighted by Gasteiger charge is -2.35. The van der Waals surface area contributed by atoms with Gasteiger partial charge in [0, 0.05) is 30.3 Å². The summed E-state index contributed by atoms with van der Waals surface area (Å²) in [5.41, 5.74) is 1.48. The summed E-state index contributed by atoms with van der Waals surface area (Å²) in [6.45, 7) is 0.148. The second-order valence-electron chi connectivity index (χ2n) is 8.90. The van der Waals surface area contributed by atoms with Crippen LogP contribution in [0.15, 0.2) is 66.7 Å². The molecule has 214 valence electrons. The Morgan fingerprint density at radius 3 is 2.39 bits per heavy atom. The van der Waals surface area contributed by atoms with Crippen LogP contribution in [0.25, 0.3) is 11.0 Å². The maximum Gasteiger partial charge on any atom is 0.490 e. The highest BCUT2D eigenvalue weighted by Crippen LogP contribution is 2.43. The van der Waals surface area contributed by atoms with Gasteiger partial charge in [-0.1, -0.05) is 36.4 Å². The maximum absolute atomic E-state index is 13.4. The first-order valence-electron chi connectivity index (χ1n) is 11.8. The minimum absolute atomic E-state index is 0.148. The minimum atomic E-state index is -5.08. The summed E-state index contributed by atoms with van der Waals surface area (Å²) in [5.74, 6) is -2.24. The van der Waals surface area contributed by atoms with Crippen molar-refractivity contribution in [3.63, 3.8) is 0 Å². The van der Waals surface area contributed by atoms with Crippen molar-refractivity contribution in [3.05, 3.63) is 89.0 Å². The molecule has 1 unspecified atom stereocenters. The number of anilines is 1. The van der Waals surface area contributed by atoms with Gasteiger partial charge in [-0.25, -0.2) is 14.6 Å². The molecule has 0 bridgehead atoms. The smallest absolute Gasteiger partial charge is 0.490 e. The van der Waals surface area contributed by atoms with Gasteiger partial charge in [-0.05, 0) is 35.9 Å². The number of aromatic amines is 1. The molecular weight excluding hydrogens is 549 g/mol. The van der Waals surface area contributed by atoms with Crippen molar-refractivity contribution < 1.29 is 47.6 Å². The molecule has 4 aromatic rings. The van der Waals surface area contributed by atoms with Crippen molar-refractivity contribution in [2.45, 2.75) is 18.4 Å². The molecule has 1 aliphatic rings. The number of hydrogen-bond acceptors (Lipinski definition) is 6. The first-order chi connectivity index (χ1) is 19.3. The number of alkyl halides is 3. The molecular formula is C27H23F3N4O7. The molecule has 5 rings (SSSR count). The van der Waals surface area contributed by atoms with E-state index in [1.807, 2.05) is 24.3 Å².